The Morgan fingerprint density at radius 3 is 2.88 bits per heavy atom. The fourth-order valence-electron chi connectivity index (χ4n) is 4.02. The van der Waals surface area contributed by atoms with Crippen molar-refractivity contribution in [3.05, 3.63) is 35.4 Å². The Morgan fingerprint density at radius 1 is 1.33 bits per heavy atom. The second-order valence-corrected chi connectivity index (χ2v) is 8.41. The minimum atomic E-state index is -0.955. The van der Waals surface area contributed by atoms with E-state index in [0.29, 0.717) is 43.6 Å². The Kier molecular flexibility index (Phi) is 7.03. The normalized spacial score (nSPS) is 19.6. The van der Waals surface area contributed by atoms with Gasteiger partial charge in [0, 0.05) is 12.0 Å². The molecule has 2 fully saturated rings. The number of rotatable bonds is 7. The fraction of sp³-hybridized carbons (Fsp3) is 0.478. The van der Waals surface area contributed by atoms with Crippen molar-refractivity contribution in [3.8, 4) is 23.3 Å². The standard InChI is InChI=1S/C23H27N5O5/c24-12-15-5-4-6-16(11-15)20-26-19(25)18(22(27-20)33-17-7-10-31-13-17)21(29)28-32-14-23(30)8-2-1-3-9-23/h4-6,11,17,30H,1-3,7-10,13-14H2,(H,28,29)(H2,25,26,27)/t17-/m0/s1. The van der Waals surface area contributed by atoms with E-state index in [2.05, 4.69) is 21.5 Å². The summed E-state index contributed by atoms with van der Waals surface area (Å²) in [5.74, 6) is -0.521. The van der Waals surface area contributed by atoms with Crippen LogP contribution in [0.4, 0.5) is 5.82 Å². The number of nitrogens with zero attached hydrogens (tertiary/aromatic N) is 3. The number of carbonyl (C=O) groups is 1. The highest BCUT2D eigenvalue weighted by Gasteiger charge is 2.31. The van der Waals surface area contributed by atoms with Gasteiger partial charge in [-0.25, -0.2) is 10.5 Å². The number of benzene rings is 1. The molecule has 1 atom stereocenters. The molecule has 2 aromatic rings. The van der Waals surface area contributed by atoms with Gasteiger partial charge in [-0.3, -0.25) is 9.63 Å². The Bertz CT molecular complexity index is 1040. The zero-order valence-electron chi connectivity index (χ0n) is 18.2. The molecule has 1 aliphatic heterocycles. The van der Waals surface area contributed by atoms with Crippen LogP contribution in [0.2, 0.25) is 0 Å². The second kappa shape index (κ2) is 10.1. The van der Waals surface area contributed by atoms with Gasteiger partial charge in [0.2, 0.25) is 5.88 Å². The lowest BCUT2D eigenvalue weighted by atomic mass is 9.86. The molecule has 1 aromatic carbocycles. The first-order valence-electron chi connectivity index (χ1n) is 11.0. The molecule has 1 aliphatic carbocycles. The van der Waals surface area contributed by atoms with Crippen molar-refractivity contribution in [3.63, 3.8) is 0 Å². The SMILES string of the molecule is N#Cc1cccc(-c2nc(N)c(C(=O)NOCC3(O)CCCCC3)c(O[C@H]3CCOC3)n2)c1. The smallest absolute Gasteiger partial charge is 0.284 e. The minimum Gasteiger partial charge on any atom is -0.471 e. The van der Waals surface area contributed by atoms with E-state index in [1.54, 1.807) is 24.3 Å². The predicted octanol–water partition coefficient (Wildman–Crippen LogP) is 2.12. The minimum absolute atomic E-state index is 0.00726. The molecule has 4 rings (SSSR count). The van der Waals surface area contributed by atoms with Crippen molar-refractivity contribution in [2.75, 3.05) is 25.6 Å². The quantitative estimate of drug-likeness (QED) is 0.535. The molecule has 2 heterocycles. The summed E-state index contributed by atoms with van der Waals surface area (Å²) in [6, 6.07) is 8.82. The van der Waals surface area contributed by atoms with Gasteiger partial charge < -0.3 is 20.3 Å². The van der Waals surface area contributed by atoms with E-state index in [0.717, 1.165) is 19.3 Å². The first-order valence-corrected chi connectivity index (χ1v) is 11.0. The van der Waals surface area contributed by atoms with Crippen LogP contribution in [-0.4, -0.2) is 52.5 Å². The summed E-state index contributed by atoms with van der Waals surface area (Å²) >= 11 is 0. The van der Waals surface area contributed by atoms with Crippen molar-refractivity contribution >= 4 is 11.7 Å². The van der Waals surface area contributed by atoms with Crippen LogP contribution in [0.25, 0.3) is 11.4 Å². The number of ether oxygens (including phenoxy) is 2. The summed E-state index contributed by atoms with van der Waals surface area (Å²) < 4.78 is 11.3. The number of carbonyl (C=O) groups excluding carboxylic acids is 1. The fourth-order valence-corrected chi connectivity index (χ4v) is 4.02. The Morgan fingerprint density at radius 2 is 2.15 bits per heavy atom. The predicted molar refractivity (Wildman–Crippen MR) is 118 cm³/mol. The maximum atomic E-state index is 12.9. The summed E-state index contributed by atoms with van der Waals surface area (Å²) in [5.41, 5.74) is 8.49. The van der Waals surface area contributed by atoms with Crippen LogP contribution in [0, 0.1) is 11.3 Å². The van der Waals surface area contributed by atoms with Gasteiger partial charge in [-0.05, 0) is 25.0 Å². The van der Waals surface area contributed by atoms with E-state index in [4.69, 9.17) is 20.0 Å². The van der Waals surface area contributed by atoms with E-state index in [-0.39, 0.29) is 35.8 Å². The molecule has 4 N–H and O–H groups in total. The summed E-state index contributed by atoms with van der Waals surface area (Å²) in [6.07, 6.45) is 4.54. The number of aromatic nitrogens is 2. The van der Waals surface area contributed by atoms with Gasteiger partial charge in [0.1, 0.15) is 24.1 Å². The molecular formula is C23H27N5O5. The Labute approximate surface area is 191 Å². The highest BCUT2D eigenvalue weighted by Crippen LogP contribution is 2.30. The molecular weight excluding hydrogens is 426 g/mol. The van der Waals surface area contributed by atoms with E-state index in [9.17, 15) is 15.2 Å². The van der Waals surface area contributed by atoms with Crippen molar-refractivity contribution in [2.24, 2.45) is 0 Å². The maximum absolute atomic E-state index is 12.9. The van der Waals surface area contributed by atoms with E-state index >= 15 is 0 Å². The van der Waals surface area contributed by atoms with Gasteiger partial charge >= 0.3 is 0 Å². The van der Waals surface area contributed by atoms with Gasteiger partial charge in [0.15, 0.2) is 5.82 Å². The molecule has 1 saturated carbocycles. The van der Waals surface area contributed by atoms with Crippen molar-refractivity contribution in [2.45, 2.75) is 50.2 Å². The number of amides is 1. The van der Waals surface area contributed by atoms with Crippen LogP contribution < -0.4 is 16.0 Å². The first-order chi connectivity index (χ1) is 16.0. The van der Waals surface area contributed by atoms with Crippen LogP contribution in [0.15, 0.2) is 24.3 Å². The number of nitrogen functional groups attached to an aromatic ring is 1. The Hall–Kier alpha value is -3.26. The monoisotopic (exact) mass is 453 g/mol. The number of anilines is 1. The van der Waals surface area contributed by atoms with Crippen molar-refractivity contribution < 1.29 is 24.2 Å². The van der Waals surface area contributed by atoms with E-state index < -0.39 is 11.5 Å². The van der Waals surface area contributed by atoms with Crippen LogP contribution in [0.3, 0.4) is 0 Å². The topological polar surface area (TPSA) is 153 Å². The van der Waals surface area contributed by atoms with Crippen LogP contribution >= 0.6 is 0 Å². The van der Waals surface area contributed by atoms with Gasteiger partial charge in [-0.15, -0.1) is 0 Å². The number of hydrogen-bond acceptors (Lipinski definition) is 9. The molecule has 0 spiro atoms. The number of hydrogen-bond donors (Lipinski definition) is 3. The average molecular weight is 453 g/mol. The second-order valence-electron chi connectivity index (χ2n) is 8.41. The highest BCUT2D eigenvalue weighted by atomic mass is 16.7. The lowest BCUT2D eigenvalue weighted by molar-refractivity contribution is -0.0894. The number of nitrogens with two attached hydrogens (primary N) is 1. The average Bonchev–Trinajstić information content (AvgIpc) is 3.32. The van der Waals surface area contributed by atoms with E-state index in [1.807, 2.05) is 0 Å². The van der Waals surface area contributed by atoms with Crippen molar-refractivity contribution in [1.29, 1.82) is 5.26 Å². The molecule has 10 nitrogen and oxygen atoms in total. The zero-order chi connectivity index (χ0) is 23.3. The summed E-state index contributed by atoms with van der Waals surface area (Å²) in [5, 5.41) is 19.8. The van der Waals surface area contributed by atoms with Crippen molar-refractivity contribution in [1.82, 2.24) is 15.4 Å². The number of nitriles is 1. The molecule has 0 bridgehead atoms. The van der Waals surface area contributed by atoms with E-state index in [1.165, 1.54) is 0 Å². The summed E-state index contributed by atoms with van der Waals surface area (Å²) in [6.45, 7) is 0.893. The van der Waals surface area contributed by atoms with Gasteiger partial charge in [-0.2, -0.15) is 10.2 Å². The first kappa shape index (κ1) is 22.9. The third-order valence-corrected chi connectivity index (χ3v) is 5.84. The third-order valence-electron chi connectivity index (χ3n) is 5.84. The van der Waals surface area contributed by atoms with Gasteiger partial charge in [-0.1, -0.05) is 31.4 Å². The largest absolute Gasteiger partial charge is 0.471 e. The molecule has 0 unspecified atom stereocenters. The number of hydroxylamine groups is 1. The third kappa shape index (κ3) is 5.57. The molecule has 2 aliphatic rings. The molecule has 10 heteroatoms. The van der Waals surface area contributed by atoms with Gasteiger partial charge in [0.05, 0.1) is 30.4 Å². The highest BCUT2D eigenvalue weighted by molar-refractivity contribution is 6.00. The molecule has 33 heavy (non-hydrogen) atoms. The van der Waals surface area contributed by atoms with Gasteiger partial charge in [0.25, 0.3) is 5.91 Å². The zero-order valence-corrected chi connectivity index (χ0v) is 18.2. The molecule has 174 valence electrons. The Balaban J connectivity index is 1.57. The molecule has 0 radical (unpaired) electrons. The maximum Gasteiger partial charge on any atom is 0.284 e. The molecule has 1 aromatic heterocycles. The molecule has 1 amide bonds. The van der Waals surface area contributed by atoms with Crippen LogP contribution in [-0.2, 0) is 9.57 Å². The number of nitrogens with one attached hydrogen (secondary N) is 1. The van der Waals surface area contributed by atoms with Crippen LogP contribution in [0.5, 0.6) is 5.88 Å². The summed E-state index contributed by atoms with van der Waals surface area (Å²) in [4.78, 5) is 27.0. The lowest BCUT2D eigenvalue weighted by Gasteiger charge is -2.31. The molecule has 1 saturated heterocycles. The lowest BCUT2D eigenvalue weighted by Crippen LogP contribution is -2.40. The van der Waals surface area contributed by atoms with Crippen LogP contribution in [0.1, 0.15) is 54.4 Å². The summed E-state index contributed by atoms with van der Waals surface area (Å²) in [7, 11) is 0. The number of aliphatic hydroxyl groups is 1.